The number of aromatic amines is 1. The molecule has 0 bridgehead atoms. The molecule has 0 saturated carbocycles. The fourth-order valence-electron chi connectivity index (χ4n) is 3.21. The van der Waals surface area contributed by atoms with Gasteiger partial charge in [0.05, 0.1) is 11.0 Å². The molecular formula is C20H20ClN3. The van der Waals surface area contributed by atoms with E-state index in [4.69, 9.17) is 16.6 Å². The predicted octanol–water partition coefficient (Wildman–Crippen LogP) is 4.81. The third-order valence-electron chi connectivity index (χ3n) is 4.59. The highest BCUT2D eigenvalue weighted by Gasteiger charge is 2.16. The standard InChI is InChI=1S/C20H20ClN3/c1-14-6-7-18-19(12-14)23-20(22-18)15-8-10-24(11-9-15)13-16-4-2-3-5-17(16)21/h2-8,12H,9-11,13H2,1H3,(H,22,23). The molecule has 122 valence electrons. The number of nitrogens with one attached hydrogen (secondary N) is 1. The van der Waals surface area contributed by atoms with Gasteiger partial charge in [-0.1, -0.05) is 41.9 Å². The monoisotopic (exact) mass is 337 g/mol. The van der Waals surface area contributed by atoms with E-state index in [-0.39, 0.29) is 0 Å². The number of aromatic nitrogens is 2. The van der Waals surface area contributed by atoms with Gasteiger partial charge in [0.25, 0.3) is 0 Å². The van der Waals surface area contributed by atoms with Gasteiger partial charge in [0.1, 0.15) is 5.82 Å². The Bertz CT molecular complexity index is 910. The van der Waals surface area contributed by atoms with Gasteiger partial charge < -0.3 is 4.98 Å². The Hall–Kier alpha value is -2.10. The van der Waals surface area contributed by atoms with Crippen LogP contribution >= 0.6 is 11.6 Å². The minimum Gasteiger partial charge on any atom is -0.338 e. The molecule has 0 fully saturated rings. The lowest BCUT2D eigenvalue weighted by atomic mass is 10.1. The lowest BCUT2D eigenvalue weighted by Crippen LogP contribution is -2.28. The molecule has 1 aliphatic heterocycles. The van der Waals surface area contributed by atoms with Crippen LogP contribution in [0.4, 0.5) is 0 Å². The first-order valence-corrected chi connectivity index (χ1v) is 8.68. The van der Waals surface area contributed by atoms with E-state index in [1.165, 1.54) is 16.7 Å². The number of benzene rings is 2. The molecule has 24 heavy (non-hydrogen) atoms. The van der Waals surface area contributed by atoms with E-state index in [2.05, 4.69) is 47.1 Å². The van der Waals surface area contributed by atoms with Gasteiger partial charge in [0.15, 0.2) is 0 Å². The maximum atomic E-state index is 6.27. The Balaban J connectivity index is 1.50. The number of hydrogen-bond donors (Lipinski definition) is 1. The molecule has 0 atom stereocenters. The number of imidazole rings is 1. The molecule has 1 aliphatic rings. The molecule has 0 saturated heterocycles. The first-order valence-electron chi connectivity index (χ1n) is 8.30. The third-order valence-corrected chi connectivity index (χ3v) is 4.96. The number of aryl methyl sites for hydroxylation is 1. The molecule has 0 amide bonds. The highest BCUT2D eigenvalue weighted by Crippen LogP contribution is 2.25. The molecule has 2 aromatic carbocycles. The van der Waals surface area contributed by atoms with Crippen LogP contribution in [0.2, 0.25) is 5.02 Å². The van der Waals surface area contributed by atoms with Crippen molar-refractivity contribution in [2.24, 2.45) is 0 Å². The molecule has 4 heteroatoms. The highest BCUT2D eigenvalue weighted by atomic mass is 35.5. The summed E-state index contributed by atoms with van der Waals surface area (Å²) < 4.78 is 0. The summed E-state index contributed by atoms with van der Waals surface area (Å²) in [5.74, 6) is 1.01. The van der Waals surface area contributed by atoms with E-state index < -0.39 is 0 Å². The normalized spacial score (nSPS) is 15.7. The maximum Gasteiger partial charge on any atom is 0.134 e. The molecule has 0 spiro atoms. The summed E-state index contributed by atoms with van der Waals surface area (Å²) in [6.45, 7) is 4.94. The second-order valence-electron chi connectivity index (χ2n) is 6.41. The quantitative estimate of drug-likeness (QED) is 0.743. The average molecular weight is 338 g/mol. The van der Waals surface area contributed by atoms with Gasteiger partial charge in [-0.2, -0.15) is 0 Å². The van der Waals surface area contributed by atoms with E-state index >= 15 is 0 Å². The smallest absolute Gasteiger partial charge is 0.134 e. The van der Waals surface area contributed by atoms with Crippen molar-refractivity contribution in [2.45, 2.75) is 19.9 Å². The van der Waals surface area contributed by atoms with Gasteiger partial charge in [-0.3, -0.25) is 4.90 Å². The Labute approximate surface area is 147 Å². The summed E-state index contributed by atoms with van der Waals surface area (Å²) in [6.07, 6.45) is 3.29. The lowest BCUT2D eigenvalue weighted by Gasteiger charge is -2.26. The van der Waals surface area contributed by atoms with Crippen LogP contribution in [0.5, 0.6) is 0 Å². The maximum absolute atomic E-state index is 6.27. The van der Waals surface area contributed by atoms with Crippen LogP contribution in [0, 0.1) is 6.92 Å². The molecule has 3 nitrogen and oxygen atoms in total. The number of hydrogen-bond acceptors (Lipinski definition) is 2. The van der Waals surface area contributed by atoms with E-state index in [1.807, 2.05) is 18.2 Å². The van der Waals surface area contributed by atoms with E-state index in [0.717, 1.165) is 47.9 Å². The molecule has 0 unspecified atom stereocenters. The highest BCUT2D eigenvalue weighted by molar-refractivity contribution is 6.31. The second kappa shape index (κ2) is 6.42. The predicted molar refractivity (Wildman–Crippen MR) is 100 cm³/mol. The number of nitrogens with zero attached hydrogens (tertiary/aromatic N) is 2. The molecule has 0 aliphatic carbocycles. The van der Waals surface area contributed by atoms with Crippen LogP contribution in [-0.2, 0) is 6.54 Å². The van der Waals surface area contributed by atoms with Crippen LogP contribution in [0.3, 0.4) is 0 Å². The fraction of sp³-hybridized carbons (Fsp3) is 0.250. The fourth-order valence-corrected chi connectivity index (χ4v) is 3.41. The largest absolute Gasteiger partial charge is 0.338 e. The van der Waals surface area contributed by atoms with Crippen molar-refractivity contribution in [1.29, 1.82) is 0 Å². The zero-order valence-electron chi connectivity index (χ0n) is 13.7. The van der Waals surface area contributed by atoms with E-state index in [1.54, 1.807) is 0 Å². The SMILES string of the molecule is Cc1ccc2nc(C3=CCN(Cc4ccccc4Cl)CC3)[nH]c2c1. The van der Waals surface area contributed by atoms with Crippen LogP contribution in [-0.4, -0.2) is 28.0 Å². The average Bonchev–Trinajstić information content (AvgIpc) is 3.01. The summed E-state index contributed by atoms with van der Waals surface area (Å²) in [4.78, 5) is 10.6. The van der Waals surface area contributed by atoms with Crippen molar-refractivity contribution in [1.82, 2.24) is 14.9 Å². The van der Waals surface area contributed by atoms with Crippen molar-refractivity contribution < 1.29 is 0 Å². The topological polar surface area (TPSA) is 31.9 Å². The zero-order chi connectivity index (χ0) is 16.5. The Morgan fingerprint density at radius 3 is 2.88 bits per heavy atom. The van der Waals surface area contributed by atoms with Crippen LogP contribution in [0.1, 0.15) is 23.4 Å². The van der Waals surface area contributed by atoms with Gasteiger partial charge >= 0.3 is 0 Å². The molecule has 0 radical (unpaired) electrons. The summed E-state index contributed by atoms with van der Waals surface area (Å²) in [7, 11) is 0. The van der Waals surface area contributed by atoms with Crippen molar-refractivity contribution >= 4 is 28.2 Å². The third kappa shape index (κ3) is 3.10. The van der Waals surface area contributed by atoms with Crippen LogP contribution in [0.15, 0.2) is 48.5 Å². The Morgan fingerprint density at radius 1 is 1.21 bits per heavy atom. The molecule has 2 heterocycles. The first-order chi connectivity index (χ1) is 11.7. The van der Waals surface area contributed by atoms with Crippen molar-refractivity contribution in [3.8, 4) is 0 Å². The number of fused-ring (bicyclic) bond motifs is 1. The summed E-state index contributed by atoms with van der Waals surface area (Å²) >= 11 is 6.27. The second-order valence-corrected chi connectivity index (χ2v) is 6.82. The van der Waals surface area contributed by atoms with Crippen molar-refractivity contribution in [3.05, 3.63) is 70.5 Å². The lowest BCUT2D eigenvalue weighted by molar-refractivity contribution is 0.293. The summed E-state index contributed by atoms with van der Waals surface area (Å²) in [5.41, 5.74) is 5.90. The molecule has 4 rings (SSSR count). The Morgan fingerprint density at radius 2 is 2.08 bits per heavy atom. The Kier molecular flexibility index (Phi) is 4.13. The van der Waals surface area contributed by atoms with E-state index in [0.29, 0.717) is 0 Å². The molecule has 1 N–H and O–H groups in total. The van der Waals surface area contributed by atoms with Gasteiger partial charge in [0, 0.05) is 24.7 Å². The minimum atomic E-state index is 0.847. The van der Waals surface area contributed by atoms with Crippen molar-refractivity contribution in [3.63, 3.8) is 0 Å². The van der Waals surface area contributed by atoms with Gasteiger partial charge in [-0.05, 0) is 48.2 Å². The molecule has 3 aromatic rings. The van der Waals surface area contributed by atoms with Crippen LogP contribution in [0.25, 0.3) is 16.6 Å². The van der Waals surface area contributed by atoms with Crippen molar-refractivity contribution in [2.75, 3.05) is 13.1 Å². The van der Waals surface area contributed by atoms with Crippen LogP contribution < -0.4 is 0 Å². The number of rotatable bonds is 3. The zero-order valence-corrected chi connectivity index (χ0v) is 14.5. The summed E-state index contributed by atoms with van der Waals surface area (Å²) in [6, 6.07) is 14.4. The van der Waals surface area contributed by atoms with Gasteiger partial charge in [-0.15, -0.1) is 0 Å². The van der Waals surface area contributed by atoms with Gasteiger partial charge in [-0.25, -0.2) is 4.98 Å². The van der Waals surface area contributed by atoms with E-state index in [9.17, 15) is 0 Å². The van der Waals surface area contributed by atoms with Gasteiger partial charge in [0.2, 0.25) is 0 Å². The number of halogens is 1. The number of H-pyrrole nitrogens is 1. The minimum absolute atomic E-state index is 0.847. The first kappa shape index (κ1) is 15.4. The molecular weight excluding hydrogens is 318 g/mol. The molecule has 1 aromatic heterocycles. The summed E-state index contributed by atoms with van der Waals surface area (Å²) in [5, 5.41) is 0.847.